The molecule has 0 bridgehead atoms. The van der Waals surface area contributed by atoms with Crippen molar-refractivity contribution < 1.29 is 9.59 Å². The molecule has 0 spiro atoms. The van der Waals surface area contributed by atoms with E-state index in [1.807, 2.05) is 0 Å². The molecule has 0 radical (unpaired) electrons. The monoisotopic (exact) mass is 224 g/mol. The van der Waals surface area contributed by atoms with Gasteiger partial charge in [0.05, 0.1) is 0 Å². The number of carbonyl (C=O) groups is 2. The van der Waals surface area contributed by atoms with Crippen LogP contribution in [0, 0.1) is 0 Å². The molecular weight excluding hydrogens is 204 g/mol. The van der Waals surface area contributed by atoms with E-state index in [4.69, 9.17) is 0 Å². The fraction of sp³-hybridized carbons (Fsp3) is 0.500. The lowest BCUT2D eigenvalue weighted by Gasteiger charge is -2.22. The van der Waals surface area contributed by atoms with Crippen LogP contribution in [0.5, 0.6) is 0 Å². The van der Waals surface area contributed by atoms with Crippen LogP contribution in [-0.4, -0.2) is 48.8 Å². The Bertz CT molecular complexity index is 289. The standard InChI is InChI=1S/C12H20N2O2/c1-9(2)11(15)13(5)7-8-14(6)12(16)10(3)4/h1,3,7-8H2,2,4-6H3. The third kappa shape index (κ3) is 4.29. The van der Waals surface area contributed by atoms with Gasteiger partial charge in [-0.15, -0.1) is 0 Å². The molecule has 0 aromatic carbocycles. The van der Waals surface area contributed by atoms with Crippen LogP contribution >= 0.6 is 0 Å². The molecule has 0 unspecified atom stereocenters. The summed E-state index contributed by atoms with van der Waals surface area (Å²) in [4.78, 5) is 26.0. The molecule has 0 N–H and O–H groups in total. The van der Waals surface area contributed by atoms with E-state index in [-0.39, 0.29) is 11.8 Å². The molecule has 0 atom stereocenters. The minimum atomic E-state index is -0.101. The molecular formula is C12H20N2O2. The second-order valence-electron chi connectivity index (χ2n) is 4.01. The first-order chi connectivity index (χ1) is 7.27. The fourth-order valence-corrected chi connectivity index (χ4v) is 1.15. The Balaban J connectivity index is 4.16. The summed E-state index contributed by atoms with van der Waals surface area (Å²) >= 11 is 0. The first-order valence-electron chi connectivity index (χ1n) is 5.09. The summed E-state index contributed by atoms with van der Waals surface area (Å²) in [5.41, 5.74) is 0.993. The average molecular weight is 224 g/mol. The molecule has 0 aromatic rings. The predicted molar refractivity (Wildman–Crippen MR) is 64.9 cm³/mol. The maximum Gasteiger partial charge on any atom is 0.248 e. The van der Waals surface area contributed by atoms with Gasteiger partial charge in [-0.2, -0.15) is 0 Å². The highest BCUT2D eigenvalue weighted by Gasteiger charge is 2.12. The largest absolute Gasteiger partial charge is 0.340 e. The molecule has 0 saturated carbocycles. The highest BCUT2D eigenvalue weighted by molar-refractivity contribution is 5.92. The summed E-state index contributed by atoms with van der Waals surface area (Å²) in [6.07, 6.45) is 0. The average Bonchev–Trinajstić information content (AvgIpc) is 2.22. The fourth-order valence-electron chi connectivity index (χ4n) is 1.15. The highest BCUT2D eigenvalue weighted by atomic mass is 16.2. The smallest absolute Gasteiger partial charge is 0.248 e. The normalized spacial score (nSPS) is 9.50. The molecule has 0 fully saturated rings. The summed E-state index contributed by atoms with van der Waals surface area (Å²) in [7, 11) is 3.38. The third-order valence-electron chi connectivity index (χ3n) is 2.19. The second-order valence-corrected chi connectivity index (χ2v) is 4.01. The number of likely N-dealkylation sites (N-methyl/N-ethyl adjacent to an activating group) is 2. The van der Waals surface area contributed by atoms with E-state index in [2.05, 4.69) is 13.2 Å². The molecule has 2 amide bonds. The Hall–Kier alpha value is -1.58. The molecule has 0 aromatic heterocycles. The van der Waals surface area contributed by atoms with Gasteiger partial charge < -0.3 is 9.80 Å². The Morgan fingerprint density at radius 2 is 1.12 bits per heavy atom. The van der Waals surface area contributed by atoms with Crippen LogP contribution in [0.1, 0.15) is 13.8 Å². The van der Waals surface area contributed by atoms with E-state index in [1.165, 1.54) is 0 Å². The van der Waals surface area contributed by atoms with Crippen molar-refractivity contribution in [2.75, 3.05) is 27.2 Å². The molecule has 0 aliphatic carbocycles. The van der Waals surface area contributed by atoms with Crippen LogP contribution in [0.4, 0.5) is 0 Å². The zero-order valence-electron chi connectivity index (χ0n) is 10.5. The van der Waals surface area contributed by atoms with Crippen molar-refractivity contribution in [3.05, 3.63) is 24.3 Å². The van der Waals surface area contributed by atoms with Crippen molar-refractivity contribution >= 4 is 11.8 Å². The van der Waals surface area contributed by atoms with Gasteiger partial charge in [0.25, 0.3) is 0 Å². The van der Waals surface area contributed by atoms with Gasteiger partial charge in [-0.1, -0.05) is 13.2 Å². The summed E-state index contributed by atoms with van der Waals surface area (Å²) in [5, 5.41) is 0. The van der Waals surface area contributed by atoms with E-state index in [1.54, 1.807) is 37.7 Å². The van der Waals surface area contributed by atoms with Gasteiger partial charge in [-0.05, 0) is 13.8 Å². The number of amides is 2. The van der Waals surface area contributed by atoms with Crippen LogP contribution in [0.2, 0.25) is 0 Å². The first kappa shape index (κ1) is 14.4. The van der Waals surface area contributed by atoms with Gasteiger partial charge in [0.2, 0.25) is 11.8 Å². The second kappa shape index (κ2) is 6.10. The topological polar surface area (TPSA) is 40.6 Å². The van der Waals surface area contributed by atoms with Crippen LogP contribution < -0.4 is 0 Å². The van der Waals surface area contributed by atoms with Gasteiger partial charge in [-0.3, -0.25) is 9.59 Å². The van der Waals surface area contributed by atoms with Crippen molar-refractivity contribution in [2.24, 2.45) is 0 Å². The zero-order chi connectivity index (χ0) is 12.9. The molecule has 0 rings (SSSR count). The Morgan fingerprint density at radius 1 is 0.875 bits per heavy atom. The molecule has 0 heterocycles. The van der Waals surface area contributed by atoms with Crippen molar-refractivity contribution in [2.45, 2.75) is 13.8 Å². The summed E-state index contributed by atoms with van der Waals surface area (Å²) in [6.45, 7) is 11.5. The quantitative estimate of drug-likeness (QED) is 0.655. The number of hydrogen-bond donors (Lipinski definition) is 0. The van der Waals surface area contributed by atoms with Gasteiger partial charge >= 0.3 is 0 Å². The van der Waals surface area contributed by atoms with Gasteiger partial charge in [0.1, 0.15) is 0 Å². The summed E-state index contributed by atoms with van der Waals surface area (Å²) in [5.74, 6) is -0.202. The SMILES string of the molecule is C=C(C)C(=O)N(C)CCN(C)C(=O)C(=C)C. The van der Waals surface area contributed by atoms with Gasteiger partial charge in [0, 0.05) is 38.3 Å². The molecule has 90 valence electrons. The number of rotatable bonds is 5. The minimum absolute atomic E-state index is 0.101. The van der Waals surface area contributed by atoms with E-state index < -0.39 is 0 Å². The molecule has 4 heteroatoms. The van der Waals surface area contributed by atoms with E-state index in [0.29, 0.717) is 24.2 Å². The van der Waals surface area contributed by atoms with Crippen LogP contribution in [0.25, 0.3) is 0 Å². The lowest BCUT2D eigenvalue weighted by molar-refractivity contribution is -0.129. The Morgan fingerprint density at radius 3 is 1.31 bits per heavy atom. The van der Waals surface area contributed by atoms with Gasteiger partial charge in [-0.25, -0.2) is 0 Å². The third-order valence-corrected chi connectivity index (χ3v) is 2.19. The molecule has 0 saturated heterocycles. The molecule has 0 aliphatic rings. The van der Waals surface area contributed by atoms with Gasteiger partial charge in [0.15, 0.2) is 0 Å². The Labute approximate surface area is 97.2 Å². The van der Waals surface area contributed by atoms with Crippen molar-refractivity contribution in [1.82, 2.24) is 9.80 Å². The van der Waals surface area contributed by atoms with Crippen LogP contribution in [-0.2, 0) is 9.59 Å². The van der Waals surface area contributed by atoms with E-state index in [9.17, 15) is 9.59 Å². The van der Waals surface area contributed by atoms with Crippen LogP contribution in [0.15, 0.2) is 24.3 Å². The minimum Gasteiger partial charge on any atom is -0.340 e. The van der Waals surface area contributed by atoms with E-state index in [0.717, 1.165) is 0 Å². The summed E-state index contributed by atoms with van der Waals surface area (Å²) < 4.78 is 0. The highest BCUT2D eigenvalue weighted by Crippen LogP contribution is 1.98. The van der Waals surface area contributed by atoms with E-state index >= 15 is 0 Å². The first-order valence-corrected chi connectivity index (χ1v) is 5.09. The zero-order valence-corrected chi connectivity index (χ0v) is 10.5. The lowest BCUT2D eigenvalue weighted by Crippen LogP contribution is -2.37. The molecule has 16 heavy (non-hydrogen) atoms. The number of nitrogens with zero attached hydrogens (tertiary/aromatic N) is 2. The maximum atomic E-state index is 11.5. The summed E-state index contributed by atoms with van der Waals surface area (Å²) in [6, 6.07) is 0. The lowest BCUT2D eigenvalue weighted by atomic mass is 10.3. The Kier molecular flexibility index (Phi) is 5.50. The van der Waals surface area contributed by atoms with Crippen molar-refractivity contribution in [3.8, 4) is 0 Å². The molecule has 0 aliphatic heterocycles. The number of carbonyl (C=O) groups excluding carboxylic acids is 2. The predicted octanol–water partition coefficient (Wildman–Crippen LogP) is 1.06. The molecule has 4 nitrogen and oxygen atoms in total. The van der Waals surface area contributed by atoms with Crippen LogP contribution in [0.3, 0.4) is 0 Å². The number of hydrogen-bond acceptors (Lipinski definition) is 2. The maximum absolute atomic E-state index is 11.5. The van der Waals surface area contributed by atoms with Crippen molar-refractivity contribution in [3.63, 3.8) is 0 Å². The van der Waals surface area contributed by atoms with Crippen molar-refractivity contribution in [1.29, 1.82) is 0 Å².